The van der Waals surface area contributed by atoms with E-state index in [1.807, 2.05) is 18.2 Å². The fourth-order valence-electron chi connectivity index (χ4n) is 3.88. The number of methoxy groups -OCH3 is 1. The lowest BCUT2D eigenvalue weighted by Gasteiger charge is -2.19. The third-order valence-corrected chi connectivity index (χ3v) is 5.63. The summed E-state index contributed by atoms with van der Waals surface area (Å²) in [4.78, 5) is 38.3. The second kappa shape index (κ2) is 9.94. The summed E-state index contributed by atoms with van der Waals surface area (Å²) in [6.45, 7) is 1.65. The first kappa shape index (κ1) is 22.5. The Morgan fingerprint density at radius 3 is 3.00 bits per heavy atom. The highest BCUT2D eigenvalue weighted by atomic mass is 16.6. The molecule has 0 radical (unpaired) electrons. The molecular formula is C24H24N6O5. The van der Waals surface area contributed by atoms with Crippen molar-refractivity contribution in [1.29, 1.82) is 0 Å². The molecule has 1 saturated heterocycles. The molecule has 2 amide bonds. The van der Waals surface area contributed by atoms with Crippen molar-refractivity contribution in [3.8, 4) is 22.9 Å². The van der Waals surface area contributed by atoms with Crippen LogP contribution in [0.3, 0.4) is 0 Å². The second-order valence-electron chi connectivity index (χ2n) is 8.08. The zero-order chi connectivity index (χ0) is 24.2. The number of ether oxygens (including phenoxy) is 3. The highest BCUT2D eigenvalue weighted by Crippen LogP contribution is 2.30. The molecule has 2 aromatic heterocycles. The zero-order valence-electron chi connectivity index (χ0n) is 19.1. The van der Waals surface area contributed by atoms with Gasteiger partial charge in [-0.1, -0.05) is 18.2 Å². The van der Waals surface area contributed by atoms with E-state index in [1.54, 1.807) is 31.6 Å². The molecule has 2 aliphatic heterocycles. The van der Waals surface area contributed by atoms with Gasteiger partial charge in [0.15, 0.2) is 18.2 Å². The lowest BCUT2D eigenvalue weighted by Crippen LogP contribution is -2.29. The third kappa shape index (κ3) is 5.14. The highest BCUT2D eigenvalue weighted by molar-refractivity contribution is 5.95. The third-order valence-electron chi connectivity index (χ3n) is 5.63. The van der Waals surface area contributed by atoms with Crippen LogP contribution < -0.4 is 25.0 Å². The van der Waals surface area contributed by atoms with Gasteiger partial charge >= 0.3 is 6.09 Å². The number of carbonyl (C=O) groups is 2. The second-order valence-corrected chi connectivity index (χ2v) is 8.08. The van der Waals surface area contributed by atoms with Crippen molar-refractivity contribution in [3.63, 3.8) is 0 Å². The van der Waals surface area contributed by atoms with Gasteiger partial charge in [0.1, 0.15) is 11.9 Å². The van der Waals surface area contributed by atoms with Crippen LogP contribution in [0.2, 0.25) is 0 Å². The predicted octanol–water partition coefficient (Wildman–Crippen LogP) is 2.38. The first-order valence-corrected chi connectivity index (χ1v) is 11.2. The Labute approximate surface area is 201 Å². The molecule has 1 aromatic carbocycles. The molecule has 3 aromatic rings. The number of nitrogens with one attached hydrogen (secondary N) is 2. The number of rotatable bonds is 8. The van der Waals surface area contributed by atoms with E-state index < -0.39 is 6.09 Å². The summed E-state index contributed by atoms with van der Waals surface area (Å²) < 4.78 is 16.0. The van der Waals surface area contributed by atoms with E-state index in [0.717, 1.165) is 16.8 Å². The number of amides is 2. The van der Waals surface area contributed by atoms with E-state index in [4.69, 9.17) is 14.2 Å². The Balaban J connectivity index is 1.13. The van der Waals surface area contributed by atoms with E-state index in [0.29, 0.717) is 49.3 Å². The molecule has 35 heavy (non-hydrogen) atoms. The van der Waals surface area contributed by atoms with Crippen molar-refractivity contribution in [2.45, 2.75) is 19.1 Å². The van der Waals surface area contributed by atoms with Crippen molar-refractivity contribution >= 4 is 23.6 Å². The quantitative estimate of drug-likeness (QED) is 0.471. The Bertz CT molecular complexity index is 1250. The molecule has 1 atom stereocenters. The van der Waals surface area contributed by atoms with Crippen molar-refractivity contribution in [1.82, 2.24) is 20.3 Å². The smallest absolute Gasteiger partial charge is 0.415 e. The van der Waals surface area contributed by atoms with Crippen LogP contribution in [0.25, 0.3) is 11.3 Å². The fourth-order valence-corrected chi connectivity index (χ4v) is 3.88. The van der Waals surface area contributed by atoms with Crippen LogP contribution in [0, 0.1) is 0 Å². The maximum absolute atomic E-state index is 12.4. The molecule has 0 aliphatic carbocycles. The summed E-state index contributed by atoms with van der Waals surface area (Å²) in [7, 11) is 1.56. The molecule has 1 unspecified atom stereocenters. The standard InChI is InChI=1S/C24H24N6O5/c1-33-22-12-26-11-18(27-22)16-4-2-3-15(9-16)10-25-8-7-17-13-30(24(32)35-17)20-6-5-19-23(28-20)29-21(31)14-34-19/h2-6,9,11-12,17,25H,7-8,10,13-14H2,1H3,(H,28,29,31). The highest BCUT2D eigenvalue weighted by Gasteiger charge is 2.33. The minimum Gasteiger partial charge on any atom is -0.480 e. The Morgan fingerprint density at radius 1 is 1.20 bits per heavy atom. The number of hydrogen-bond acceptors (Lipinski definition) is 9. The number of pyridine rings is 1. The van der Waals surface area contributed by atoms with Crippen LogP contribution >= 0.6 is 0 Å². The molecule has 2 aliphatic rings. The Kier molecular flexibility index (Phi) is 6.40. The van der Waals surface area contributed by atoms with Crippen molar-refractivity contribution < 1.29 is 23.8 Å². The summed E-state index contributed by atoms with van der Waals surface area (Å²) in [6.07, 6.45) is 3.19. The first-order valence-electron chi connectivity index (χ1n) is 11.2. The summed E-state index contributed by atoms with van der Waals surface area (Å²) in [5.41, 5.74) is 2.79. The van der Waals surface area contributed by atoms with E-state index in [-0.39, 0.29) is 18.6 Å². The molecule has 1 fully saturated rings. The number of carbonyl (C=O) groups excluding carboxylic acids is 2. The Hall–Kier alpha value is -4.25. The number of cyclic esters (lactones) is 1. The maximum Gasteiger partial charge on any atom is 0.415 e. The van der Waals surface area contributed by atoms with Crippen molar-refractivity contribution in [2.75, 3.05) is 37.0 Å². The van der Waals surface area contributed by atoms with Crippen LogP contribution in [0.15, 0.2) is 48.8 Å². The summed E-state index contributed by atoms with van der Waals surface area (Å²) in [6, 6.07) is 11.4. The molecule has 0 saturated carbocycles. The average Bonchev–Trinajstić information content (AvgIpc) is 3.26. The normalized spacial score (nSPS) is 16.8. The monoisotopic (exact) mass is 476 g/mol. The number of nitrogens with zero attached hydrogens (tertiary/aromatic N) is 4. The molecule has 11 nitrogen and oxygen atoms in total. The van der Waals surface area contributed by atoms with Gasteiger partial charge < -0.3 is 24.8 Å². The number of hydrogen-bond donors (Lipinski definition) is 2. The molecule has 2 N–H and O–H groups in total. The largest absolute Gasteiger partial charge is 0.480 e. The van der Waals surface area contributed by atoms with Gasteiger partial charge in [-0.05, 0) is 36.7 Å². The molecule has 4 heterocycles. The van der Waals surface area contributed by atoms with E-state index in [9.17, 15) is 9.59 Å². The zero-order valence-corrected chi connectivity index (χ0v) is 19.1. The molecule has 11 heteroatoms. The number of aromatic nitrogens is 3. The SMILES string of the molecule is COc1cncc(-c2cccc(CNCCC3CN(c4ccc5c(n4)NC(=O)CO5)C(=O)O3)c2)n1. The van der Waals surface area contributed by atoms with Crippen LogP contribution in [-0.4, -0.2) is 59.9 Å². The van der Waals surface area contributed by atoms with Gasteiger partial charge in [0, 0.05) is 12.1 Å². The van der Waals surface area contributed by atoms with Gasteiger partial charge in [-0.25, -0.2) is 14.8 Å². The number of fused-ring (bicyclic) bond motifs is 1. The molecule has 180 valence electrons. The molecule has 0 spiro atoms. The van der Waals surface area contributed by atoms with E-state index in [2.05, 4.69) is 31.7 Å². The minimum absolute atomic E-state index is 0.0474. The Morgan fingerprint density at radius 2 is 2.11 bits per heavy atom. The first-order chi connectivity index (χ1) is 17.1. The summed E-state index contributed by atoms with van der Waals surface area (Å²) in [5, 5.41) is 6.04. The lowest BCUT2D eigenvalue weighted by atomic mass is 10.1. The average molecular weight is 476 g/mol. The fraction of sp³-hybridized carbons (Fsp3) is 0.292. The van der Waals surface area contributed by atoms with Gasteiger partial charge in [0.25, 0.3) is 5.91 Å². The molecular weight excluding hydrogens is 452 g/mol. The minimum atomic E-state index is -0.461. The predicted molar refractivity (Wildman–Crippen MR) is 126 cm³/mol. The van der Waals surface area contributed by atoms with Gasteiger partial charge in [-0.15, -0.1) is 0 Å². The molecule has 5 rings (SSSR count). The van der Waals surface area contributed by atoms with Crippen LogP contribution in [0.1, 0.15) is 12.0 Å². The van der Waals surface area contributed by atoms with Crippen molar-refractivity contribution in [2.24, 2.45) is 0 Å². The molecule has 0 bridgehead atoms. The van der Waals surface area contributed by atoms with Crippen LogP contribution in [-0.2, 0) is 16.1 Å². The summed E-state index contributed by atoms with van der Waals surface area (Å²) in [5.74, 6) is 1.38. The topological polar surface area (TPSA) is 128 Å². The maximum atomic E-state index is 12.4. The van der Waals surface area contributed by atoms with Gasteiger partial charge in [0.2, 0.25) is 5.88 Å². The van der Waals surface area contributed by atoms with E-state index >= 15 is 0 Å². The van der Waals surface area contributed by atoms with Crippen molar-refractivity contribution in [3.05, 3.63) is 54.4 Å². The van der Waals surface area contributed by atoms with Gasteiger partial charge in [-0.3, -0.25) is 14.7 Å². The van der Waals surface area contributed by atoms with Crippen LogP contribution in [0.4, 0.5) is 16.4 Å². The number of anilines is 2. The summed E-state index contributed by atoms with van der Waals surface area (Å²) >= 11 is 0. The van der Waals surface area contributed by atoms with Crippen LogP contribution in [0.5, 0.6) is 11.6 Å². The lowest BCUT2D eigenvalue weighted by molar-refractivity contribution is -0.118. The number of benzene rings is 1. The van der Waals surface area contributed by atoms with E-state index in [1.165, 1.54) is 4.90 Å². The van der Waals surface area contributed by atoms with Gasteiger partial charge in [-0.2, -0.15) is 0 Å². The van der Waals surface area contributed by atoms with Gasteiger partial charge in [0.05, 0.1) is 31.7 Å².